The molecular formula is C12H10N4O. The fourth-order valence-corrected chi connectivity index (χ4v) is 1.28. The van der Waals surface area contributed by atoms with Crippen molar-refractivity contribution in [3.63, 3.8) is 0 Å². The van der Waals surface area contributed by atoms with Gasteiger partial charge in [0.1, 0.15) is 6.07 Å². The lowest BCUT2D eigenvalue weighted by Crippen LogP contribution is -1.91. The van der Waals surface area contributed by atoms with Crippen LogP contribution in [0.1, 0.15) is 17.1 Å². The highest BCUT2D eigenvalue weighted by Crippen LogP contribution is 2.15. The first-order chi connectivity index (χ1) is 8.29. The van der Waals surface area contributed by atoms with Crippen LogP contribution in [-0.2, 0) is 0 Å². The van der Waals surface area contributed by atoms with Gasteiger partial charge in [0.2, 0.25) is 5.69 Å². The molecule has 0 spiro atoms. The second kappa shape index (κ2) is 4.94. The van der Waals surface area contributed by atoms with Gasteiger partial charge >= 0.3 is 0 Å². The van der Waals surface area contributed by atoms with E-state index in [0.29, 0.717) is 5.89 Å². The van der Waals surface area contributed by atoms with Crippen molar-refractivity contribution < 1.29 is 4.42 Å². The molecular weight excluding hydrogens is 216 g/mol. The molecule has 0 radical (unpaired) electrons. The summed E-state index contributed by atoms with van der Waals surface area (Å²) in [7, 11) is 0. The molecule has 1 aromatic carbocycles. The van der Waals surface area contributed by atoms with Crippen LogP contribution in [0.5, 0.6) is 0 Å². The number of aromatic nitrogens is 1. The van der Waals surface area contributed by atoms with E-state index in [1.165, 1.54) is 0 Å². The highest BCUT2D eigenvalue weighted by molar-refractivity contribution is 5.79. The number of nitrogens with zero attached hydrogens (tertiary/aromatic N) is 3. The average molecular weight is 226 g/mol. The number of oxazole rings is 1. The standard InChI is InChI=1S/C12H10N4O/c1-9-15-11(7-13)12(17-9)16-14-8-10-5-3-2-4-6-10/h2-6,8,16H,1H3/b14-8-. The van der Waals surface area contributed by atoms with E-state index in [1.54, 1.807) is 13.1 Å². The molecule has 17 heavy (non-hydrogen) atoms. The summed E-state index contributed by atoms with van der Waals surface area (Å²) in [6.45, 7) is 1.67. The minimum Gasteiger partial charge on any atom is -0.422 e. The molecule has 2 aromatic rings. The lowest BCUT2D eigenvalue weighted by atomic mass is 10.2. The number of nitriles is 1. The summed E-state index contributed by atoms with van der Waals surface area (Å²) in [6, 6.07) is 11.5. The van der Waals surface area contributed by atoms with Crippen LogP contribution in [0.4, 0.5) is 5.88 Å². The highest BCUT2D eigenvalue weighted by Gasteiger charge is 2.08. The molecule has 0 aliphatic heterocycles. The quantitative estimate of drug-likeness (QED) is 0.643. The van der Waals surface area contributed by atoms with E-state index in [-0.39, 0.29) is 11.6 Å². The number of hydrazone groups is 1. The maximum absolute atomic E-state index is 8.78. The summed E-state index contributed by atoms with van der Waals surface area (Å²) in [6.07, 6.45) is 1.64. The van der Waals surface area contributed by atoms with Crippen LogP contribution < -0.4 is 5.43 Å². The first kappa shape index (κ1) is 10.9. The summed E-state index contributed by atoms with van der Waals surface area (Å²) in [5, 5.41) is 12.8. The third-order valence-corrected chi connectivity index (χ3v) is 2.02. The van der Waals surface area contributed by atoms with Crippen molar-refractivity contribution in [3.05, 3.63) is 47.5 Å². The van der Waals surface area contributed by atoms with Crippen LogP contribution in [-0.4, -0.2) is 11.2 Å². The zero-order chi connectivity index (χ0) is 12.1. The predicted molar refractivity (Wildman–Crippen MR) is 63.6 cm³/mol. The Balaban J connectivity index is 2.08. The van der Waals surface area contributed by atoms with Gasteiger partial charge in [-0.25, -0.2) is 10.4 Å². The second-order valence-corrected chi connectivity index (χ2v) is 3.30. The molecule has 0 unspecified atom stereocenters. The number of nitrogens with one attached hydrogen (secondary N) is 1. The van der Waals surface area contributed by atoms with Crippen LogP contribution in [0.3, 0.4) is 0 Å². The minimum atomic E-state index is 0.202. The molecule has 84 valence electrons. The van der Waals surface area contributed by atoms with E-state index in [2.05, 4.69) is 15.5 Å². The Morgan fingerprint density at radius 1 is 1.41 bits per heavy atom. The van der Waals surface area contributed by atoms with Crippen molar-refractivity contribution in [2.75, 3.05) is 5.43 Å². The Hall–Kier alpha value is -2.61. The van der Waals surface area contributed by atoms with E-state index < -0.39 is 0 Å². The zero-order valence-electron chi connectivity index (χ0n) is 9.21. The molecule has 1 N–H and O–H groups in total. The van der Waals surface area contributed by atoms with E-state index in [0.717, 1.165) is 5.56 Å². The molecule has 0 aliphatic carbocycles. The van der Waals surface area contributed by atoms with Gasteiger partial charge in [-0.05, 0) is 5.56 Å². The number of anilines is 1. The Morgan fingerprint density at radius 3 is 2.88 bits per heavy atom. The maximum atomic E-state index is 8.78. The smallest absolute Gasteiger partial charge is 0.252 e. The molecule has 1 aromatic heterocycles. The van der Waals surface area contributed by atoms with E-state index in [4.69, 9.17) is 9.68 Å². The van der Waals surface area contributed by atoms with Crippen molar-refractivity contribution in [2.45, 2.75) is 6.92 Å². The molecule has 0 atom stereocenters. The fourth-order valence-electron chi connectivity index (χ4n) is 1.28. The molecule has 5 heteroatoms. The Labute approximate surface area is 98.4 Å². The summed E-state index contributed by atoms with van der Waals surface area (Å²) in [5.41, 5.74) is 3.81. The van der Waals surface area contributed by atoms with Crippen LogP contribution in [0.25, 0.3) is 0 Å². The largest absolute Gasteiger partial charge is 0.422 e. The van der Waals surface area contributed by atoms with Gasteiger partial charge in [0.25, 0.3) is 5.88 Å². The fraction of sp³-hybridized carbons (Fsp3) is 0.0833. The average Bonchev–Trinajstić information content (AvgIpc) is 2.71. The monoisotopic (exact) mass is 226 g/mol. The normalized spacial score (nSPS) is 10.4. The Kier molecular flexibility index (Phi) is 3.17. The number of aryl methyl sites for hydroxylation is 1. The second-order valence-electron chi connectivity index (χ2n) is 3.30. The van der Waals surface area contributed by atoms with Crippen molar-refractivity contribution in [1.82, 2.24) is 4.98 Å². The lowest BCUT2D eigenvalue weighted by Gasteiger charge is -1.94. The van der Waals surface area contributed by atoms with Crippen molar-refractivity contribution in [2.24, 2.45) is 5.10 Å². The first-order valence-electron chi connectivity index (χ1n) is 5.01. The van der Waals surface area contributed by atoms with Crippen molar-refractivity contribution in [3.8, 4) is 6.07 Å². The van der Waals surface area contributed by atoms with E-state index >= 15 is 0 Å². The van der Waals surface area contributed by atoms with E-state index in [1.807, 2.05) is 36.4 Å². The summed E-state index contributed by atoms with van der Waals surface area (Å²) >= 11 is 0. The topological polar surface area (TPSA) is 74.2 Å². The molecule has 0 amide bonds. The Bertz CT molecular complexity index is 566. The number of hydrogen-bond donors (Lipinski definition) is 1. The van der Waals surface area contributed by atoms with Gasteiger partial charge in [-0.2, -0.15) is 10.4 Å². The lowest BCUT2D eigenvalue weighted by molar-refractivity contribution is 0.533. The third kappa shape index (κ3) is 2.69. The minimum absolute atomic E-state index is 0.202. The van der Waals surface area contributed by atoms with Crippen LogP contribution >= 0.6 is 0 Å². The summed E-state index contributed by atoms with van der Waals surface area (Å²) in [4.78, 5) is 3.89. The third-order valence-electron chi connectivity index (χ3n) is 2.02. The molecule has 5 nitrogen and oxygen atoms in total. The van der Waals surface area contributed by atoms with Crippen LogP contribution in [0, 0.1) is 18.3 Å². The zero-order valence-corrected chi connectivity index (χ0v) is 9.21. The number of benzene rings is 1. The van der Waals surface area contributed by atoms with Gasteiger partial charge in [-0.1, -0.05) is 30.3 Å². The van der Waals surface area contributed by atoms with Gasteiger partial charge in [0, 0.05) is 6.92 Å². The molecule has 0 bridgehead atoms. The first-order valence-corrected chi connectivity index (χ1v) is 5.01. The molecule has 1 heterocycles. The van der Waals surface area contributed by atoms with Crippen molar-refractivity contribution >= 4 is 12.1 Å². The van der Waals surface area contributed by atoms with E-state index in [9.17, 15) is 0 Å². The molecule has 0 saturated carbocycles. The molecule has 0 fully saturated rings. The molecule has 2 rings (SSSR count). The maximum Gasteiger partial charge on any atom is 0.252 e. The number of hydrogen-bond acceptors (Lipinski definition) is 5. The van der Waals surface area contributed by atoms with Crippen LogP contribution in [0.15, 0.2) is 39.9 Å². The van der Waals surface area contributed by atoms with Gasteiger partial charge in [0.05, 0.1) is 6.21 Å². The van der Waals surface area contributed by atoms with Gasteiger partial charge in [-0.3, -0.25) is 0 Å². The predicted octanol–water partition coefficient (Wildman–Crippen LogP) is 2.30. The summed E-state index contributed by atoms with van der Waals surface area (Å²) in [5.74, 6) is 0.691. The molecule has 0 saturated heterocycles. The molecule has 0 aliphatic rings. The van der Waals surface area contributed by atoms with Gasteiger partial charge < -0.3 is 4.42 Å². The SMILES string of the molecule is Cc1nc(C#N)c(N/N=C\c2ccccc2)o1. The van der Waals surface area contributed by atoms with Gasteiger partial charge in [-0.15, -0.1) is 0 Å². The Morgan fingerprint density at radius 2 is 2.18 bits per heavy atom. The highest BCUT2D eigenvalue weighted by atomic mass is 16.4. The summed E-state index contributed by atoms with van der Waals surface area (Å²) < 4.78 is 5.18. The number of rotatable bonds is 3. The van der Waals surface area contributed by atoms with Gasteiger partial charge in [0.15, 0.2) is 5.89 Å². The van der Waals surface area contributed by atoms with Crippen LogP contribution in [0.2, 0.25) is 0 Å². The van der Waals surface area contributed by atoms with Crippen molar-refractivity contribution in [1.29, 1.82) is 5.26 Å².